The van der Waals surface area contributed by atoms with E-state index in [0.717, 1.165) is 18.4 Å². The summed E-state index contributed by atoms with van der Waals surface area (Å²) in [7, 11) is 0. The van der Waals surface area contributed by atoms with Gasteiger partial charge in [-0.1, -0.05) is 32.6 Å². The minimum atomic E-state index is 0.233. The lowest BCUT2D eigenvalue weighted by molar-refractivity contribution is 0.452. The second kappa shape index (κ2) is 6.33. The molecule has 0 saturated heterocycles. The number of aromatic hydroxyl groups is 2. The van der Waals surface area contributed by atoms with E-state index in [4.69, 9.17) is 0 Å². The van der Waals surface area contributed by atoms with Gasteiger partial charge in [-0.05, 0) is 36.6 Å². The Labute approximate surface area is 91.6 Å². The van der Waals surface area contributed by atoms with Crippen molar-refractivity contribution in [3.63, 3.8) is 0 Å². The Morgan fingerprint density at radius 1 is 1.00 bits per heavy atom. The first-order valence-corrected chi connectivity index (χ1v) is 5.75. The monoisotopic (exact) mass is 208 g/mol. The van der Waals surface area contributed by atoms with Gasteiger partial charge in [0.2, 0.25) is 0 Å². The van der Waals surface area contributed by atoms with Gasteiger partial charge < -0.3 is 10.2 Å². The van der Waals surface area contributed by atoms with Gasteiger partial charge in [0, 0.05) is 0 Å². The third-order valence-corrected chi connectivity index (χ3v) is 2.61. The Morgan fingerprint density at radius 3 is 2.47 bits per heavy atom. The van der Waals surface area contributed by atoms with E-state index in [9.17, 15) is 10.2 Å². The molecule has 0 unspecified atom stereocenters. The molecule has 0 aromatic heterocycles. The molecule has 0 saturated carbocycles. The molecule has 0 radical (unpaired) electrons. The average Bonchev–Trinajstić information content (AvgIpc) is 2.23. The van der Waals surface area contributed by atoms with Crippen molar-refractivity contribution in [3.8, 4) is 11.5 Å². The van der Waals surface area contributed by atoms with Gasteiger partial charge >= 0.3 is 0 Å². The number of rotatable bonds is 6. The van der Waals surface area contributed by atoms with Crippen molar-refractivity contribution in [1.29, 1.82) is 0 Å². The van der Waals surface area contributed by atoms with Crippen molar-refractivity contribution >= 4 is 0 Å². The maximum atomic E-state index is 9.53. The predicted octanol–water partition coefficient (Wildman–Crippen LogP) is 3.61. The summed E-state index contributed by atoms with van der Waals surface area (Å²) in [4.78, 5) is 0. The van der Waals surface area contributed by atoms with Crippen LogP contribution in [0.3, 0.4) is 0 Å². The van der Waals surface area contributed by atoms with Crippen LogP contribution in [0.5, 0.6) is 11.5 Å². The zero-order valence-electron chi connectivity index (χ0n) is 9.37. The second-order valence-corrected chi connectivity index (χ2v) is 3.98. The fraction of sp³-hybridized carbons (Fsp3) is 0.538. The molecule has 15 heavy (non-hydrogen) atoms. The quantitative estimate of drug-likeness (QED) is 0.554. The van der Waals surface area contributed by atoms with Gasteiger partial charge in [-0.25, -0.2) is 0 Å². The molecule has 0 spiro atoms. The van der Waals surface area contributed by atoms with Gasteiger partial charge in [0.1, 0.15) is 11.5 Å². The van der Waals surface area contributed by atoms with Crippen molar-refractivity contribution in [2.45, 2.75) is 45.4 Å². The van der Waals surface area contributed by atoms with Crippen LogP contribution in [0.2, 0.25) is 0 Å². The maximum Gasteiger partial charge on any atom is 0.119 e. The van der Waals surface area contributed by atoms with Crippen LogP contribution in [0.15, 0.2) is 18.2 Å². The molecule has 0 aliphatic carbocycles. The fourth-order valence-electron chi connectivity index (χ4n) is 1.69. The number of unbranched alkanes of at least 4 members (excludes halogenated alkanes) is 4. The first-order chi connectivity index (χ1) is 7.24. The zero-order chi connectivity index (χ0) is 11.1. The van der Waals surface area contributed by atoms with E-state index < -0.39 is 0 Å². The highest BCUT2D eigenvalue weighted by Crippen LogP contribution is 2.23. The smallest absolute Gasteiger partial charge is 0.119 e. The van der Waals surface area contributed by atoms with E-state index in [1.807, 2.05) is 0 Å². The fourth-order valence-corrected chi connectivity index (χ4v) is 1.69. The molecule has 0 aliphatic rings. The Kier molecular flexibility index (Phi) is 5.02. The van der Waals surface area contributed by atoms with E-state index in [1.54, 1.807) is 12.1 Å². The molecule has 0 fully saturated rings. The summed E-state index contributed by atoms with van der Waals surface area (Å²) in [6.07, 6.45) is 6.92. The van der Waals surface area contributed by atoms with Gasteiger partial charge in [-0.3, -0.25) is 0 Å². The van der Waals surface area contributed by atoms with Crippen LogP contribution in [-0.4, -0.2) is 10.2 Å². The molecule has 2 heteroatoms. The Morgan fingerprint density at radius 2 is 1.73 bits per heavy atom. The maximum absolute atomic E-state index is 9.53. The van der Waals surface area contributed by atoms with Crippen molar-refractivity contribution in [1.82, 2.24) is 0 Å². The third-order valence-electron chi connectivity index (χ3n) is 2.61. The van der Waals surface area contributed by atoms with E-state index in [2.05, 4.69) is 6.92 Å². The molecular weight excluding hydrogens is 188 g/mol. The van der Waals surface area contributed by atoms with Crippen LogP contribution in [0.25, 0.3) is 0 Å². The second-order valence-electron chi connectivity index (χ2n) is 3.98. The van der Waals surface area contributed by atoms with Gasteiger partial charge in [0.15, 0.2) is 0 Å². The van der Waals surface area contributed by atoms with E-state index in [0.29, 0.717) is 5.75 Å². The van der Waals surface area contributed by atoms with Crippen molar-refractivity contribution in [2.24, 2.45) is 0 Å². The lowest BCUT2D eigenvalue weighted by atomic mass is 10.0. The molecule has 2 N–H and O–H groups in total. The molecule has 0 amide bonds. The van der Waals surface area contributed by atoms with Crippen LogP contribution in [-0.2, 0) is 6.42 Å². The Bertz CT molecular complexity index is 295. The Hall–Kier alpha value is -1.18. The topological polar surface area (TPSA) is 40.5 Å². The standard InChI is InChI=1S/C13H20O2/c1-2-3-4-5-6-7-11-10-12(14)8-9-13(11)15/h8-10,14-15H,2-7H2,1H3. The van der Waals surface area contributed by atoms with Crippen molar-refractivity contribution < 1.29 is 10.2 Å². The Balaban J connectivity index is 2.33. The summed E-state index contributed by atoms with van der Waals surface area (Å²) in [6.45, 7) is 2.20. The normalized spacial score (nSPS) is 10.5. The van der Waals surface area contributed by atoms with Gasteiger partial charge in [-0.2, -0.15) is 0 Å². The summed E-state index contributed by atoms with van der Waals surface area (Å²) in [5.74, 6) is 0.527. The number of benzene rings is 1. The van der Waals surface area contributed by atoms with E-state index in [-0.39, 0.29) is 5.75 Å². The first-order valence-electron chi connectivity index (χ1n) is 5.75. The molecule has 0 aliphatic heterocycles. The molecule has 1 rings (SSSR count). The summed E-state index contributed by atoms with van der Waals surface area (Å²) in [6, 6.07) is 4.71. The van der Waals surface area contributed by atoms with E-state index in [1.165, 1.54) is 31.7 Å². The van der Waals surface area contributed by atoms with Crippen LogP contribution >= 0.6 is 0 Å². The van der Waals surface area contributed by atoms with Crippen LogP contribution in [0.4, 0.5) is 0 Å². The SMILES string of the molecule is CCCCCCCc1cc(O)ccc1O. The third kappa shape index (κ3) is 4.24. The largest absolute Gasteiger partial charge is 0.508 e. The minimum absolute atomic E-state index is 0.233. The molecule has 0 bridgehead atoms. The highest BCUT2D eigenvalue weighted by molar-refractivity contribution is 5.38. The van der Waals surface area contributed by atoms with Gasteiger partial charge in [0.05, 0.1) is 0 Å². The molecule has 1 aromatic carbocycles. The van der Waals surface area contributed by atoms with Gasteiger partial charge in [0.25, 0.3) is 0 Å². The molecule has 84 valence electrons. The summed E-state index contributed by atoms with van der Waals surface area (Å²) in [5.41, 5.74) is 0.853. The first kappa shape index (κ1) is 11.9. The molecular formula is C13H20O2. The molecule has 0 atom stereocenters. The number of hydrogen-bond acceptors (Lipinski definition) is 2. The number of hydrogen-bond donors (Lipinski definition) is 2. The average molecular weight is 208 g/mol. The summed E-state index contributed by atoms with van der Waals surface area (Å²) in [5, 5.41) is 18.8. The van der Waals surface area contributed by atoms with Crippen LogP contribution < -0.4 is 0 Å². The summed E-state index contributed by atoms with van der Waals surface area (Å²) < 4.78 is 0. The van der Waals surface area contributed by atoms with Crippen molar-refractivity contribution in [3.05, 3.63) is 23.8 Å². The number of phenols is 2. The lowest BCUT2D eigenvalue weighted by Crippen LogP contribution is -1.87. The minimum Gasteiger partial charge on any atom is -0.508 e. The molecule has 2 nitrogen and oxygen atoms in total. The van der Waals surface area contributed by atoms with Gasteiger partial charge in [-0.15, -0.1) is 0 Å². The summed E-state index contributed by atoms with van der Waals surface area (Å²) >= 11 is 0. The number of phenolic OH excluding ortho intramolecular Hbond substituents is 2. The molecule has 0 heterocycles. The molecule has 1 aromatic rings. The highest BCUT2D eigenvalue weighted by atomic mass is 16.3. The highest BCUT2D eigenvalue weighted by Gasteiger charge is 2.01. The van der Waals surface area contributed by atoms with Crippen molar-refractivity contribution in [2.75, 3.05) is 0 Å². The van der Waals surface area contributed by atoms with Crippen LogP contribution in [0, 0.1) is 0 Å². The zero-order valence-corrected chi connectivity index (χ0v) is 9.37. The lowest BCUT2D eigenvalue weighted by Gasteiger charge is -2.04. The van der Waals surface area contributed by atoms with Crippen LogP contribution in [0.1, 0.15) is 44.6 Å². The van der Waals surface area contributed by atoms with E-state index >= 15 is 0 Å². The predicted molar refractivity (Wildman–Crippen MR) is 62.2 cm³/mol. The number of aryl methyl sites for hydroxylation is 1.